The fourth-order valence-electron chi connectivity index (χ4n) is 2.29. The number of amides is 1. The average Bonchev–Trinajstić information content (AvgIpc) is 2.58. The highest BCUT2D eigenvalue weighted by molar-refractivity contribution is 5.91. The van der Waals surface area contributed by atoms with Crippen LogP contribution in [-0.4, -0.2) is 15.7 Å². The SMILES string of the molecule is N#Cc1cccc(NC(=O)Cn2ncc(=O)c3ccccc32)c1. The van der Waals surface area contributed by atoms with Gasteiger partial charge in [0.2, 0.25) is 11.3 Å². The van der Waals surface area contributed by atoms with Gasteiger partial charge in [0.25, 0.3) is 0 Å². The van der Waals surface area contributed by atoms with E-state index in [-0.39, 0.29) is 17.9 Å². The molecule has 112 valence electrons. The van der Waals surface area contributed by atoms with Gasteiger partial charge in [0.1, 0.15) is 6.54 Å². The minimum Gasteiger partial charge on any atom is -0.324 e. The fourth-order valence-corrected chi connectivity index (χ4v) is 2.29. The van der Waals surface area contributed by atoms with Crippen LogP contribution in [0.2, 0.25) is 0 Å². The predicted molar refractivity (Wildman–Crippen MR) is 85.8 cm³/mol. The third kappa shape index (κ3) is 3.09. The second-order valence-electron chi connectivity index (χ2n) is 4.92. The van der Waals surface area contributed by atoms with Crippen LogP contribution < -0.4 is 10.7 Å². The van der Waals surface area contributed by atoms with E-state index < -0.39 is 0 Å². The van der Waals surface area contributed by atoms with E-state index in [9.17, 15) is 9.59 Å². The molecular weight excluding hydrogens is 292 g/mol. The third-order valence-corrected chi connectivity index (χ3v) is 3.33. The summed E-state index contributed by atoms with van der Waals surface area (Å²) in [5, 5.41) is 16.1. The summed E-state index contributed by atoms with van der Waals surface area (Å²) in [5.41, 5.74) is 1.43. The summed E-state index contributed by atoms with van der Waals surface area (Å²) < 4.78 is 1.47. The largest absolute Gasteiger partial charge is 0.324 e. The molecule has 1 aromatic heterocycles. The molecule has 0 saturated carbocycles. The molecule has 0 bridgehead atoms. The Bertz CT molecular complexity index is 986. The van der Waals surface area contributed by atoms with E-state index in [1.165, 1.54) is 10.9 Å². The van der Waals surface area contributed by atoms with Crippen LogP contribution in [0.25, 0.3) is 10.9 Å². The summed E-state index contributed by atoms with van der Waals surface area (Å²) in [7, 11) is 0. The maximum absolute atomic E-state index is 12.2. The molecule has 3 rings (SSSR count). The molecule has 0 aliphatic rings. The smallest absolute Gasteiger partial charge is 0.246 e. The Morgan fingerprint density at radius 1 is 1.22 bits per heavy atom. The molecule has 1 N–H and O–H groups in total. The number of carbonyl (C=O) groups is 1. The molecule has 2 aromatic carbocycles. The predicted octanol–water partition coefficient (Wildman–Crippen LogP) is 1.91. The number of aromatic nitrogens is 2. The molecule has 0 atom stereocenters. The minimum absolute atomic E-state index is 0.0302. The number of benzene rings is 2. The number of hydrogen-bond donors (Lipinski definition) is 1. The molecule has 1 amide bonds. The van der Waals surface area contributed by atoms with Crippen molar-refractivity contribution in [3.63, 3.8) is 0 Å². The summed E-state index contributed by atoms with van der Waals surface area (Å²) in [6, 6.07) is 15.7. The molecule has 0 fully saturated rings. The highest BCUT2D eigenvalue weighted by atomic mass is 16.2. The van der Waals surface area contributed by atoms with E-state index in [0.29, 0.717) is 22.2 Å². The van der Waals surface area contributed by atoms with Gasteiger partial charge in [-0.15, -0.1) is 0 Å². The normalized spacial score (nSPS) is 10.2. The van der Waals surface area contributed by atoms with Crippen LogP contribution in [0.15, 0.2) is 59.5 Å². The van der Waals surface area contributed by atoms with Gasteiger partial charge in [0.15, 0.2) is 0 Å². The van der Waals surface area contributed by atoms with Gasteiger partial charge >= 0.3 is 0 Å². The minimum atomic E-state index is -0.290. The van der Waals surface area contributed by atoms with Gasteiger partial charge in [0.05, 0.1) is 23.3 Å². The van der Waals surface area contributed by atoms with Gasteiger partial charge in [-0.05, 0) is 30.3 Å². The zero-order valence-corrected chi connectivity index (χ0v) is 12.1. The lowest BCUT2D eigenvalue weighted by molar-refractivity contribution is -0.116. The van der Waals surface area contributed by atoms with Crippen molar-refractivity contribution in [2.75, 3.05) is 5.32 Å². The second-order valence-corrected chi connectivity index (χ2v) is 4.92. The summed E-state index contributed by atoms with van der Waals surface area (Å²) in [6.45, 7) is -0.0302. The van der Waals surface area contributed by atoms with Crippen LogP contribution in [0.3, 0.4) is 0 Å². The highest BCUT2D eigenvalue weighted by Gasteiger charge is 2.08. The molecule has 3 aromatic rings. The van der Waals surface area contributed by atoms with E-state index in [4.69, 9.17) is 5.26 Å². The van der Waals surface area contributed by atoms with Gasteiger partial charge in [0, 0.05) is 11.1 Å². The van der Waals surface area contributed by atoms with E-state index >= 15 is 0 Å². The molecule has 6 nitrogen and oxygen atoms in total. The molecule has 0 unspecified atom stereocenters. The first-order valence-electron chi connectivity index (χ1n) is 6.92. The molecule has 6 heteroatoms. The molecule has 1 heterocycles. The number of nitrogens with zero attached hydrogens (tertiary/aromatic N) is 3. The Morgan fingerprint density at radius 3 is 2.87 bits per heavy atom. The van der Waals surface area contributed by atoms with Crippen molar-refractivity contribution in [3.8, 4) is 6.07 Å². The van der Waals surface area contributed by atoms with Gasteiger partial charge in [-0.3, -0.25) is 14.3 Å². The van der Waals surface area contributed by atoms with Crippen LogP contribution in [0.5, 0.6) is 0 Å². The maximum Gasteiger partial charge on any atom is 0.246 e. The van der Waals surface area contributed by atoms with Crippen LogP contribution in [0.1, 0.15) is 5.56 Å². The van der Waals surface area contributed by atoms with E-state index in [0.717, 1.165) is 0 Å². The second kappa shape index (κ2) is 6.12. The average molecular weight is 304 g/mol. The zero-order chi connectivity index (χ0) is 16.2. The standard InChI is InChI=1S/C17H12N4O2/c18-9-12-4-3-5-13(8-12)20-17(23)11-21-15-7-2-1-6-14(15)16(22)10-19-21/h1-8,10H,11H2,(H,20,23). The molecule has 0 radical (unpaired) electrons. The maximum atomic E-state index is 12.2. The number of fused-ring (bicyclic) bond motifs is 1. The van der Waals surface area contributed by atoms with Gasteiger partial charge < -0.3 is 5.32 Å². The lowest BCUT2D eigenvalue weighted by atomic mass is 10.2. The first-order chi connectivity index (χ1) is 11.2. The first kappa shape index (κ1) is 14.5. The quantitative estimate of drug-likeness (QED) is 0.800. The lowest BCUT2D eigenvalue weighted by Gasteiger charge is -2.10. The molecule has 0 aliphatic heterocycles. The van der Waals surface area contributed by atoms with Crippen molar-refractivity contribution in [3.05, 3.63) is 70.5 Å². The monoisotopic (exact) mass is 304 g/mol. The van der Waals surface area contributed by atoms with Crippen molar-refractivity contribution in [2.45, 2.75) is 6.54 Å². The van der Waals surface area contributed by atoms with Crippen LogP contribution >= 0.6 is 0 Å². The Balaban J connectivity index is 1.85. The summed E-state index contributed by atoms with van der Waals surface area (Å²) in [5.74, 6) is -0.290. The molecular formula is C17H12N4O2. The number of nitriles is 1. The van der Waals surface area contributed by atoms with Crippen molar-refractivity contribution in [1.82, 2.24) is 9.78 Å². The van der Waals surface area contributed by atoms with Crippen LogP contribution in [0.4, 0.5) is 5.69 Å². The Kier molecular flexibility index (Phi) is 3.85. The van der Waals surface area contributed by atoms with Crippen molar-refractivity contribution < 1.29 is 4.79 Å². The first-order valence-corrected chi connectivity index (χ1v) is 6.92. The molecule has 0 spiro atoms. The Morgan fingerprint density at radius 2 is 2.04 bits per heavy atom. The number of rotatable bonds is 3. The lowest BCUT2D eigenvalue weighted by Crippen LogP contribution is -2.22. The summed E-state index contributed by atoms with van der Waals surface area (Å²) in [6.07, 6.45) is 1.20. The Hall–Kier alpha value is -3.46. The summed E-state index contributed by atoms with van der Waals surface area (Å²) in [4.78, 5) is 23.9. The Labute approximate surface area is 131 Å². The van der Waals surface area contributed by atoms with Crippen LogP contribution in [-0.2, 0) is 11.3 Å². The fraction of sp³-hybridized carbons (Fsp3) is 0.0588. The van der Waals surface area contributed by atoms with Gasteiger partial charge in [-0.2, -0.15) is 10.4 Å². The topological polar surface area (TPSA) is 87.8 Å². The molecule has 0 aliphatic carbocycles. The van der Waals surface area contributed by atoms with E-state index in [2.05, 4.69) is 10.4 Å². The van der Waals surface area contributed by atoms with Crippen molar-refractivity contribution in [2.24, 2.45) is 0 Å². The summed E-state index contributed by atoms with van der Waals surface area (Å²) >= 11 is 0. The highest BCUT2D eigenvalue weighted by Crippen LogP contribution is 2.11. The van der Waals surface area contributed by atoms with Crippen molar-refractivity contribution in [1.29, 1.82) is 5.26 Å². The van der Waals surface area contributed by atoms with E-state index in [1.54, 1.807) is 48.5 Å². The number of para-hydroxylation sites is 1. The molecule has 0 saturated heterocycles. The van der Waals surface area contributed by atoms with Crippen LogP contribution in [0, 0.1) is 11.3 Å². The number of anilines is 1. The third-order valence-electron chi connectivity index (χ3n) is 3.33. The zero-order valence-electron chi connectivity index (χ0n) is 12.1. The molecule has 23 heavy (non-hydrogen) atoms. The van der Waals surface area contributed by atoms with Gasteiger partial charge in [-0.25, -0.2) is 0 Å². The van der Waals surface area contributed by atoms with E-state index in [1.807, 2.05) is 6.07 Å². The number of hydrogen-bond acceptors (Lipinski definition) is 4. The number of carbonyl (C=O) groups excluding carboxylic acids is 1. The number of nitrogens with one attached hydrogen (secondary N) is 1. The van der Waals surface area contributed by atoms with Gasteiger partial charge in [-0.1, -0.05) is 18.2 Å². The van der Waals surface area contributed by atoms with Crippen molar-refractivity contribution >= 4 is 22.5 Å².